The molecule has 0 saturated heterocycles. The van der Waals surface area contributed by atoms with Crippen LogP contribution < -0.4 is 5.32 Å². The number of carbonyl (C=O) groups excluding carboxylic acids is 1. The van der Waals surface area contributed by atoms with E-state index in [2.05, 4.69) is 14.9 Å². The summed E-state index contributed by atoms with van der Waals surface area (Å²) in [6, 6.07) is 0. The van der Waals surface area contributed by atoms with Crippen molar-refractivity contribution in [3.8, 4) is 0 Å². The van der Waals surface area contributed by atoms with Crippen LogP contribution in [-0.2, 0) is 9.47 Å². The largest absolute Gasteiger partial charge is 0.351 e. The third kappa shape index (κ3) is 4.21. The monoisotopic (exact) mass is 245 g/mol. The maximum atomic E-state index is 11.5. The molecule has 6 nitrogen and oxygen atoms in total. The van der Waals surface area contributed by atoms with Crippen molar-refractivity contribution >= 4 is 17.4 Å². The van der Waals surface area contributed by atoms with Gasteiger partial charge >= 0.3 is 0 Å². The van der Waals surface area contributed by atoms with Crippen LogP contribution in [0, 0.1) is 0 Å². The lowest BCUT2D eigenvalue weighted by Crippen LogP contribution is -2.35. The summed E-state index contributed by atoms with van der Waals surface area (Å²) >= 11 is 1.14. The first kappa shape index (κ1) is 13.0. The Morgan fingerprint density at radius 2 is 2.19 bits per heavy atom. The predicted octanol–water partition coefficient (Wildman–Crippen LogP) is 0.667. The van der Waals surface area contributed by atoms with E-state index in [1.54, 1.807) is 5.38 Å². The summed E-state index contributed by atoms with van der Waals surface area (Å²) in [7, 11) is 0. The summed E-state index contributed by atoms with van der Waals surface area (Å²) in [4.78, 5) is 11.5. The SMILES string of the molecule is CCOC(CNC(=O)c1csnn1)OCC. The molecular formula is C9H15N3O3S. The van der Waals surface area contributed by atoms with Crippen LogP contribution in [0.4, 0.5) is 0 Å². The van der Waals surface area contributed by atoms with E-state index in [9.17, 15) is 4.79 Å². The van der Waals surface area contributed by atoms with E-state index < -0.39 is 6.29 Å². The minimum atomic E-state index is -0.412. The van der Waals surface area contributed by atoms with E-state index >= 15 is 0 Å². The Bertz CT molecular complexity index is 299. The molecule has 0 aliphatic heterocycles. The Morgan fingerprint density at radius 3 is 2.69 bits per heavy atom. The van der Waals surface area contributed by atoms with Gasteiger partial charge in [-0.2, -0.15) is 0 Å². The molecule has 1 aromatic heterocycles. The molecule has 0 bridgehead atoms. The lowest BCUT2D eigenvalue weighted by atomic mass is 10.4. The molecule has 0 aliphatic carbocycles. The number of nitrogens with zero attached hydrogens (tertiary/aromatic N) is 2. The average Bonchev–Trinajstić information content (AvgIpc) is 2.79. The first-order valence-corrected chi connectivity index (χ1v) is 5.90. The molecule has 1 rings (SSSR count). The number of amides is 1. The fourth-order valence-electron chi connectivity index (χ4n) is 1.07. The molecule has 0 atom stereocenters. The molecule has 0 unspecified atom stereocenters. The summed E-state index contributed by atoms with van der Waals surface area (Å²) in [5.74, 6) is -0.266. The van der Waals surface area contributed by atoms with E-state index in [-0.39, 0.29) is 5.91 Å². The quantitative estimate of drug-likeness (QED) is 0.715. The van der Waals surface area contributed by atoms with Crippen LogP contribution >= 0.6 is 11.5 Å². The van der Waals surface area contributed by atoms with Crippen LogP contribution in [0.2, 0.25) is 0 Å². The zero-order valence-corrected chi connectivity index (χ0v) is 10.1. The van der Waals surface area contributed by atoms with Gasteiger partial charge in [-0.25, -0.2) is 0 Å². The third-order valence-corrected chi connectivity index (χ3v) is 2.23. The summed E-state index contributed by atoms with van der Waals surface area (Å²) < 4.78 is 14.2. The molecule has 90 valence electrons. The predicted molar refractivity (Wildman–Crippen MR) is 59.3 cm³/mol. The number of hydrogen-bond donors (Lipinski definition) is 1. The van der Waals surface area contributed by atoms with E-state index in [1.165, 1.54) is 0 Å². The van der Waals surface area contributed by atoms with Gasteiger partial charge in [0.15, 0.2) is 12.0 Å². The maximum absolute atomic E-state index is 11.5. The highest BCUT2D eigenvalue weighted by atomic mass is 32.1. The highest BCUT2D eigenvalue weighted by molar-refractivity contribution is 7.03. The Morgan fingerprint density at radius 1 is 1.50 bits per heavy atom. The van der Waals surface area contributed by atoms with E-state index in [4.69, 9.17) is 9.47 Å². The topological polar surface area (TPSA) is 73.3 Å². The Labute approximate surface area is 98.1 Å². The van der Waals surface area contributed by atoms with Crippen molar-refractivity contribution in [2.45, 2.75) is 20.1 Å². The number of aromatic nitrogens is 2. The second kappa shape index (κ2) is 7.26. The zero-order valence-electron chi connectivity index (χ0n) is 9.30. The molecule has 0 aliphatic rings. The summed E-state index contributed by atoms with van der Waals surface area (Å²) in [5.41, 5.74) is 0.316. The van der Waals surface area contributed by atoms with E-state index in [0.29, 0.717) is 25.5 Å². The zero-order chi connectivity index (χ0) is 11.8. The van der Waals surface area contributed by atoms with Crippen LogP contribution in [0.5, 0.6) is 0 Å². The van der Waals surface area contributed by atoms with Crippen molar-refractivity contribution in [3.05, 3.63) is 11.1 Å². The van der Waals surface area contributed by atoms with Crippen LogP contribution in [0.15, 0.2) is 5.38 Å². The first-order valence-electron chi connectivity index (χ1n) is 5.06. The number of hydrogen-bond acceptors (Lipinski definition) is 6. The van der Waals surface area contributed by atoms with Crippen LogP contribution in [0.1, 0.15) is 24.3 Å². The van der Waals surface area contributed by atoms with Crippen molar-refractivity contribution in [3.63, 3.8) is 0 Å². The Kier molecular flexibility index (Phi) is 5.91. The second-order valence-electron chi connectivity index (χ2n) is 2.84. The van der Waals surface area contributed by atoms with Crippen molar-refractivity contribution < 1.29 is 14.3 Å². The molecule has 7 heteroatoms. The summed E-state index contributed by atoms with van der Waals surface area (Å²) in [6.07, 6.45) is -0.412. The van der Waals surface area contributed by atoms with Gasteiger partial charge < -0.3 is 14.8 Å². The van der Waals surface area contributed by atoms with Gasteiger partial charge in [-0.3, -0.25) is 4.79 Å². The van der Waals surface area contributed by atoms with Crippen molar-refractivity contribution in [2.24, 2.45) is 0 Å². The molecule has 1 heterocycles. The van der Waals surface area contributed by atoms with E-state index in [1.807, 2.05) is 13.8 Å². The van der Waals surface area contributed by atoms with Gasteiger partial charge in [-0.15, -0.1) is 5.10 Å². The van der Waals surface area contributed by atoms with Gasteiger partial charge in [0.05, 0.1) is 6.54 Å². The Balaban J connectivity index is 2.34. The number of ether oxygens (including phenoxy) is 2. The second-order valence-corrected chi connectivity index (χ2v) is 3.45. The van der Waals surface area contributed by atoms with Gasteiger partial charge in [0, 0.05) is 18.6 Å². The highest BCUT2D eigenvalue weighted by Crippen LogP contribution is 1.98. The van der Waals surface area contributed by atoms with Crippen molar-refractivity contribution in [1.82, 2.24) is 14.9 Å². The first-order chi connectivity index (χ1) is 7.77. The molecule has 1 N–H and O–H groups in total. The molecule has 0 aromatic carbocycles. The molecule has 0 saturated carbocycles. The standard InChI is InChI=1S/C9H15N3O3S/c1-3-14-8(15-4-2)5-10-9(13)7-6-16-12-11-7/h6,8H,3-5H2,1-2H3,(H,10,13). The van der Waals surface area contributed by atoms with Gasteiger partial charge in [-0.05, 0) is 25.4 Å². The molecule has 1 amide bonds. The fourth-order valence-corrected chi connectivity index (χ4v) is 1.50. The highest BCUT2D eigenvalue weighted by Gasteiger charge is 2.12. The van der Waals surface area contributed by atoms with Gasteiger partial charge in [0.1, 0.15) is 0 Å². The number of rotatable bonds is 7. The lowest BCUT2D eigenvalue weighted by Gasteiger charge is -2.16. The average molecular weight is 245 g/mol. The summed E-state index contributed by atoms with van der Waals surface area (Å²) in [6.45, 7) is 5.13. The summed E-state index contributed by atoms with van der Waals surface area (Å²) in [5, 5.41) is 7.92. The number of nitrogens with one attached hydrogen (secondary N) is 1. The molecule has 0 radical (unpaired) electrons. The molecule has 1 aromatic rings. The van der Waals surface area contributed by atoms with Gasteiger partial charge in [-0.1, -0.05) is 4.49 Å². The van der Waals surface area contributed by atoms with Crippen LogP contribution in [0.25, 0.3) is 0 Å². The van der Waals surface area contributed by atoms with Crippen LogP contribution in [0.3, 0.4) is 0 Å². The fraction of sp³-hybridized carbons (Fsp3) is 0.667. The normalized spacial score (nSPS) is 10.7. The van der Waals surface area contributed by atoms with Crippen molar-refractivity contribution in [1.29, 1.82) is 0 Å². The van der Waals surface area contributed by atoms with Gasteiger partial charge in [0.25, 0.3) is 5.91 Å². The molecule has 0 fully saturated rings. The Hall–Kier alpha value is -1.05. The lowest BCUT2D eigenvalue weighted by molar-refractivity contribution is -0.131. The minimum Gasteiger partial charge on any atom is -0.351 e. The van der Waals surface area contributed by atoms with Crippen molar-refractivity contribution in [2.75, 3.05) is 19.8 Å². The minimum absolute atomic E-state index is 0.266. The van der Waals surface area contributed by atoms with Crippen LogP contribution in [-0.4, -0.2) is 41.5 Å². The maximum Gasteiger partial charge on any atom is 0.272 e. The number of carbonyl (C=O) groups is 1. The third-order valence-electron chi connectivity index (χ3n) is 1.73. The smallest absolute Gasteiger partial charge is 0.272 e. The molecular weight excluding hydrogens is 230 g/mol. The van der Waals surface area contributed by atoms with Gasteiger partial charge in [0.2, 0.25) is 0 Å². The molecule has 0 spiro atoms. The van der Waals surface area contributed by atoms with E-state index in [0.717, 1.165) is 11.5 Å². The molecule has 16 heavy (non-hydrogen) atoms.